The van der Waals surface area contributed by atoms with E-state index < -0.39 is 22.8 Å². The Balaban J connectivity index is 2.45. The Labute approximate surface area is 132 Å². The molecule has 1 aromatic carbocycles. The van der Waals surface area contributed by atoms with Gasteiger partial charge in [0, 0.05) is 10.6 Å². The van der Waals surface area contributed by atoms with E-state index in [1.807, 2.05) is 0 Å². The van der Waals surface area contributed by atoms with Crippen LogP contribution in [0.2, 0.25) is 15.2 Å². The monoisotopic (exact) mass is 353 g/mol. The van der Waals surface area contributed by atoms with Crippen molar-refractivity contribution in [3.05, 3.63) is 62.4 Å². The Morgan fingerprint density at radius 1 is 1.00 bits per heavy atom. The average molecular weight is 355 g/mol. The first-order valence-electron chi connectivity index (χ1n) is 5.43. The number of ketones is 1. The highest BCUT2D eigenvalue weighted by molar-refractivity contribution is 6.39. The van der Waals surface area contributed by atoms with Crippen molar-refractivity contribution in [1.82, 2.24) is 4.98 Å². The molecular weight excluding hydrogens is 350 g/mol. The van der Waals surface area contributed by atoms with E-state index in [0.717, 1.165) is 6.07 Å². The zero-order valence-corrected chi connectivity index (χ0v) is 12.3. The van der Waals surface area contributed by atoms with Gasteiger partial charge >= 0.3 is 6.18 Å². The lowest BCUT2D eigenvalue weighted by atomic mass is 10.0. The molecule has 0 aliphatic rings. The lowest BCUT2D eigenvalue weighted by Crippen LogP contribution is -2.11. The number of rotatable bonds is 2. The summed E-state index contributed by atoms with van der Waals surface area (Å²) in [4.78, 5) is 15.4. The van der Waals surface area contributed by atoms with Crippen molar-refractivity contribution in [3.63, 3.8) is 0 Å². The zero-order valence-electron chi connectivity index (χ0n) is 10.0. The van der Waals surface area contributed by atoms with Crippen LogP contribution in [0.1, 0.15) is 21.6 Å². The van der Waals surface area contributed by atoms with Crippen LogP contribution in [0.4, 0.5) is 13.2 Å². The van der Waals surface area contributed by atoms with Gasteiger partial charge in [0.15, 0.2) is 5.78 Å². The highest BCUT2D eigenvalue weighted by Gasteiger charge is 2.33. The van der Waals surface area contributed by atoms with Crippen LogP contribution in [0.5, 0.6) is 0 Å². The number of aromatic nitrogens is 1. The predicted octanol–water partition coefficient (Wildman–Crippen LogP) is 5.29. The summed E-state index contributed by atoms with van der Waals surface area (Å²) in [5.74, 6) is -0.636. The first-order valence-corrected chi connectivity index (χ1v) is 6.57. The minimum atomic E-state index is -4.64. The molecule has 0 fully saturated rings. The maximum absolute atomic E-state index is 12.5. The lowest BCUT2D eigenvalue weighted by molar-refractivity contribution is -0.141. The molecule has 0 bridgehead atoms. The summed E-state index contributed by atoms with van der Waals surface area (Å²) in [5.41, 5.74) is -1.27. The summed E-state index contributed by atoms with van der Waals surface area (Å²) in [6.07, 6.45) is -4.64. The van der Waals surface area contributed by atoms with Crippen LogP contribution >= 0.6 is 34.8 Å². The van der Waals surface area contributed by atoms with Crippen LogP contribution in [-0.2, 0) is 6.18 Å². The van der Waals surface area contributed by atoms with Crippen LogP contribution in [0, 0.1) is 0 Å². The van der Waals surface area contributed by atoms with E-state index in [2.05, 4.69) is 4.98 Å². The predicted molar refractivity (Wildman–Crippen MR) is 74.1 cm³/mol. The van der Waals surface area contributed by atoms with Gasteiger partial charge in [0.25, 0.3) is 0 Å². The highest BCUT2D eigenvalue weighted by atomic mass is 35.5. The smallest absolute Gasteiger partial charge is 0.288 e. The molecule has 0 saturated heterocycles. The van der Waals surface area contributed by atoms with Crippen molar-refractivity contribution in [3.8, 4) is 0 Å². The SMILES string of the molecule is O=C(c1ccc(Cl)cc1Cl)c1ccc(C(F)(F)F)nc1Cl. The number of hydrogen-bond acceptors (Lipinski definition) is 2. The van der Waals surface area contributed by atoms with Crippen molar-refractivity contribution in [2.45, 2.75) is 6.18 Å². The summed E-state index contributed by atoms with van der Waals surface area (Å²) in [7, 11) is 0. The maximum atomic E-state index is 12.5. The lowest BCUT2D eigenvalue weighted by Gasteiger charge is -2.09. The molecule has 0 atom stereocenters. The van der Waals surface area contributed by atoms with E-state index in [-0.39, 0.29) is 16.1 Å². The largest absolute Gasteiger partial charge is 0.433 e. The van der Waals surface area contributed by atoms with E-state index >= 15 is 0 Å². The van der Waals surface area contributed by atoms with Gasteiger partial charge in [-0.1, -0.05) is 34.8 Å². The molecule has 2 rings (SSSR count). The molecule has 0 spiro atoms. The van der Waals surface area contributed by atoms with Gasteiger partial charge in [-0.2, -0.15) is 13.2 Å². The number of alkyl halides is 3. The first kappa shape index (κ1) is 16.1. The standard InChI is InChI=1S/C13H5Cl3F3NO/c14-6-1-2-7(9(15)5-6)11(21)8-3-4-10(13(17,18)19)20-12(8)16/h1-5H. The molecular formula is C13H5Cl3F3NO. The minimum absolute atomic E-state index is 0.0727. The molecule has 1 heterocycles. The molecule has 0 saturated carbocycles. The molecule has 0 aliphatic carbocycles. The fraction of sp³-hybridized carbons (Fsp3) is 0.0769. The topological polar surface area (TPSA) is 30.0 Å². The minimum Gasteiger partial charge on any atom is -0.288 e. The van der Waals surface area contributed by atoms with E-state index in [9.17, 15) is 18.0 Å². The summed E-state index contributed by atoms with van der Waals surface area (Å²) in [6.45, 7) is 0. The van der Waals surface area contributed by atoms with Crippen LogP contribution in [0.25, 0.3) is 0 Å². The van der Waals surface area contributed by atoms with Gasteiger partial charge < -0.3 is 0 Å². The quantitative estimate of drug-likeness (QED) is 0.542. The van der Waals surface area contributed by atoms with Gasteiger partial charge in [-0.15, -0.1) is 0 Å². The molecule has 2 aromatic rings. The number of carbonyl (C=O) groups is 1. The van der Waals surface area contributed by atoms with E-state index in [1.165, 1.54) is 18.2 Å². The summed E-state index contributed by atoms with van der Waals surface area (Å²) in [5, 5.41) is -0.141. The summed E-state index contributed by atoms with van der Waals surface area (Å²) in [6, 6.07) is 5.79. The molecule has 0 radical (unpaired) electrons. The molecule has 110 valence electrons. The molecule has 2 nitrogen and oxygen atoms in total. The first-order chi connectivity index (χ1) is 9.70. The number of nitrogens with zero attached hydrogens (tertiary/aromatic N) is 1. The Bertz CT molecular complexity index is 716. The van der Waals surface area contributed by atoms with Crippen LogP contribution < -0.4 is 0 Å². The third-order valence-corrected chi connectivity index (χ3v) is 3.40. The highest BCUT2D eigenvalue weighted by Crippen LogP contribution is 2.31. The number of halogens is 6. The van der Waals surface area contributed by atoms with Gasteiger partial charge in [-0.25, -0.2) is 4.98 Å². The normalized spacial score (nSPS) is 11.5. The maximum Gasteiger partial charge on any atom is 0.433 e. The van der Waals surface area contributed by atoms with E-state index in [1.54, 1.807) is 0 Å². The van der Waals surface area contributed by atoms with Crippen molar-refractivity contribution in [2.75, 3.05) is 0 Å². The Kier molecular flexibility index (Phi) is 4.46. The van der Waals surface area contributed by atoms with E-state index in [0.29, 0.717) is 11.1 Å². The van der Waals surface area contributed by atoms with Crippen molar-refractivity contribution >= 4 is 40.6 Å². The second kappa shape index (κ2) is 5.83. The molecule has 8 heteroatoms. The molecule has 1 aromatic heterocycles. The Morgan fingerprint density at radius 3 is 2.14 bits per heavy atom. The fourth-order valence-corrected chi connectivity index (χ4v) is 2.31. The van der Waals surface area contributed by atoms with Gasteiger partial charge in [0.1, 0.15) is 10.8 Å². The van der Waals surface area contributed by atoms with E-state index in [4.69, 9.17) is 34.8 Å². The number of hydrogen-bond donors (Lipinski definition) is 0. The average Bonchev–Trinajstić information content (AvgIpc) is 2.36. The van der Waals surface area contributed by atoms with Crippen molar-refractivity contribution in [2.24, 2.45) is 0 Å². The second-order valence-corrected chi connectivity index (χ2v) is 5.19. The van der Waals surface area contributed by atoms with Gasteiger partial charge in [-0.3, -0.25) is 4.79 Å². The Morgan fingerprint density at radius 2 is 1.62 bits per heavy atom. The van der Waals surface area contributed by atoms with Crippen molar-refractivity contribution < 1.29 is 18.0 Å². The van der Waals surface area contributed by atoms with Crippen LogP contribution in [0.15, 0.2) is 30.3 Å². The number of carbonyl (C=O) groups excluding carboxylic acids is 1. The second-order valence-electron chi connectivity index (χ2n) is 3.99. The molecule has 0 unspecified atom stereocenters. The summed E-state index contributed by atoms with van der Waals surface area (Å²) < 4.78 is 37.5. The molecule has 0 amide bonds. The number of benzene rings is 1. The zero-order chi connectivity index (χ0) is 15.8. The van der Waals surface area contributed by atoms with Crippen LogP contribution in [-0.4, -0.2) is 10.8 Å². The molecule has 21 heavy (non-hydrogen) atoms. The van der Waals surface area contributed by atoms with Gasteiger partial charge in [0.05, 0.1) is 10.6 Å². The fourth-order valence-electron chi connectivity index (χ4n) is 1.58. The third kappa shape index (κ3) is 3.48. The van der Waals surface area contributed by atoms with Gasteiger partial charge in [-0.05, 0) is 30.3 Å². The summed E-state index contributed by atoms with van der Waals surface area (Å²) >= 11 is 17.3. The van der Waals surface area contributed by atoms with Crippen molar-refractivity contribution in [1.29, 1.82) is 0 Å². The third-order valence-electron chi connectivity index (χ3n) is 2.56. The molecule has 0 aliphatic heterocycles. The van der Waals surface area contributed by atoms with Gasteiger partial charge in [0.2, 0.25) is 0 Å². The molecule has 0 N–H and O–H groups in total. The number of pyridine rings is 1. The Hall–Kier alpha value is -1.30. The van der Waals surface area contributed by atoms with Crippen LogP contribution in [0.3, 0.4) is 0 Å².